The molecule has 1 heterocycles. The van der Waals surface area contributed by atoms with Crippen molar-refractivity contribution in [1.29, 1.82) is 0 Å². The van der Waals surface area contributed by atoms with Crippen molar-refractivity contribution in [3.63, 3.8) is 0 Å². The molecule has 154 valence electrons. The second-order valence-electron chi connectivity index (χ2n) is 8.40. The van der Waals surface area contributed by atoms with E-state index in [0.717, 1.165) is 44.2 Å². The Labute approximate surface area is 182 Å². The van der Waals surface area contributed by atoms with Gasteiger partial charge in [-0.15, -0.1) is 0 Å². The van der Waals surface area contributed by atoms with Gasteiger partial charge in [-0.2, -0.15) is 0 Å². The van der Waals surface area contributed by atoms with Crippen molar-refractivity contribution in [1.82, 2.24) is 0 Å². The van der Waals surface area contributed by atoms with E-state index in [0.29, 0.717) is 0 Å². The zero-order valence-corrected chi connectivity index (χ0v) is 17.8. The zero-order chi connectivity index (χ0) is 21.5. The molecule has 0 radical (unpaired) electrons. The summed E-state index contributed by atoms with van der Waals surface area (Å²) >= 11 is 0. The molecule has 0 saturated carbocycles. The highest BCUT2D eigenvalue weighted by molar-refractivity contribution is 6.05. The van der Waals surface area contributed by atoms with Crippen molar-refractivity contribution in [2.75, 3.05) is 0 Å². The molecule has 0 aliphatic carbocycles. The minimum Gasteiger partial charge on any atom is -0.456 e. The molecule has 3 nitrogen and oxygen atoms in total. The van der Waals surface area contributed by atoms with Crippen LogP contribution >= 0.6 is 0 Å². The van der Waals surface area contributed by atoms with Crippen molar-refractivity contribution in [2.24, 2.45) is 11.5 Å². The highest BCUT2D eigenvalue weighted by Crippen LogP contribution is 2.34. The fourth-order valence-corrected chi connectivity index (χ4v) is 4.31. The first kappa shape index (κ1) is 19.6. The van der Waals surface area contributed by atoms with Gasteiger partial charge >= 0.3 is 0 Å². The fourth-order valence-electron chi connectivity index (χ4n) is 4.31. The van der Waals surface area contributed by atoms with Crippen molar-refractivity contribution < 1.29 is 4.42 Å². The lowest BCUT2D eigenvalue weighted by Crippen LogP contribution is -2.12. The summed E-state index contributed by atoms with van der Waals surface area (Å²) in [5, 5.41) is 2.13. The van der Waals surface area contributed by atoms with Crippen LogP contribution in [0.3, 0.4) is 0 Å². The molecule has 0 aliphatic heterocycles. The summed E-state index contributed by atoms with van der Waals surface area (Å²) in [6.07, 6.45) is 0. The molecule has 0 bridgehead atoms. The van der Waals surface area contributed by atoms with Crippen LogP contribution in [0.1, 0.15) is 45.5 Å². The van der Waals surface area contributed by atoms with Crippen molar-refractivity contribution in [2.45, 2.75) is 25.9 Å². The quantitative estimate of drug-likeness (QED) is 0.368. The number of furan rings is 1. The first-order valence-corrected chi connectivity index (χ1v) is 10.6. The van der Waals surface area contributed by atoms with Gasteiger partial charge in [-0.1, -0.05) is 71.8 Å². The number of benzene rings is 4. The Morgan fingerprint density at radius 2 is 0.968 bits per heavy atom. The van der Waals surface area contributed by atoms with E-state index in [4.69, 9.17) is 15.9 Å². The number of rotatable bonds is 4. The van der Waals surface area contributed by atoms with Crippen LogP contribution in [0.4, 0.5) is 0 Å². The molecule has 31 heavy (non-hydrogen) atoms. The average molecular weight is 407 g/mol. The van der Waals surface area contributed by atoms with E-state index in [1.165, 1.54) is 11.1 Å². The van der Waals surface area contributed by atoms with Crippen LogP contribution in [0.15, 0.2) is 89.3 Å². The Morgan fingerprint density at radius 3 is 1.39 bits per heavy atom. The van der Waals surface area contributed by atoms with Gasteiger partial charge in [-0.25, -0.2) is 0 Å². The first-order chi connectivity index (χ1) is 15.0. The van der Waals surface area contributed by atoms with Gasteiger partial charge in [0, 0.05) is 10.8 Å². The van der Waals surface area contributed by atoms with Gasteiger partial charge in [0.05, 0.1) is 12.1 Å². The second kappa shape index (κ2) is 7.69. The Morgan fingerprint density at radius 1 is 0.548 bits per heavy atom. The van der Waals surface area contributed by atoms with Gasteiger partial charge in [-0.05, 0) is 60.4 Å². The van der Waals surface area contributed by atoms with Crippen molar-refractivity contribution in [3.05, 3.63) is 118 Å². The van der Waals surface area contributed by atoms with Crippen LogP contribution < -0.4 is 11.5 Å². The van der Waals surface area contributed by atoms with Gasteiger partial charge in [0.15, 0.2) is 0 Å². The van der Waals surface area contributed by atoms with E-state index in [-0.39, 0.29) is 12.1 Å². The lowest BCUT2D eigenvalue weighted by molar-refractivity contribution is 0.668. The van der Waals surface area contributed by atoms with Crippen LogP contribution in [-0.4, -0.2) is 0 Å². The van der Waals surface area contributed by atoms with Crippen LogP contribution in [0, 0.1) is 13.8 Å². The molecule has 5 rings (SSSR count). The third-order valence-corrected chi connectivity index (χ3v) is 6.04. The molecule has 0 amide bonds. The molecule has 1 aromatic heterocycles. The van der Waals surface area contributed by atoms with Gasteiger partial charge < -0.3 is 15.9 Å². The van der Waals surface area contributed by atoms with Crippen LogP contribution in [0.5, 0.6) is 0 Å². The van der Waals surface area contributed by atoms with E-state index in [1.807, 2.05) is 12.1 Å². The number of nitrogens with two attached hydrogens (primary N) is 2. The summed E-state index contributed by atoms with van der Waals surface area (Å²) in [7, 11) is 0. The van der Waals surface area contributed by atoms with Crippen molar-refractivity contribution in [3.8, 4) is 0 Å². The maximum atomic E-state index is 6.61. The second-order valence-corrected chi connectivity index (χ2v) is 8.40. The summed E-state index contributed by atoms with van der Waals surface area (Å²) in [6, 6.07) is 28.8. The van der Waals surface area contributed by atoms with Gasteiger partial charge in [-0.3, -0.25) is 0 Å². The lowest BCUT2D eigenvalue weighted by Gasteiger charge is -2.14. The van der Waals surface area contributed by atoms with Crippen LogP contribution in [-0.2, 0) is 0 Å². The minimum atomic E-state index is -0.188. The molecule has 4 aromatic carbocycles. The van der Waals surface area contributed by atoms with Gasteiger partial charge in [0.2, 0.25) is 0 Å². The third kappa shape index (κ3) is 3.63. The van der Waals surface area contributed by atoms with Crippen LogP contribution in [0.2, 0.25) is 0 Å². The lowest BCUT2D eigenvalue weighted by atomic mass is 9.95. The Kier molecular flexibility index (Phi) is 4.85. The first-order valence-electron chi connectivity index (χ1n) is 10.6. The molecular weight excluding hydrogens is 380 g/mol. The van der Waals surface area contributed by atoms with Crippen molar-refractivity contribution >= 4 is 21.9 Å². The molecule has 5 aromatic rings. The standard InChI is InChI=1S/C28H26N2O/c1-17-5-3-7-19(13-17)27(29)21-9-11-25-23(15-21)24-16-22(10-12-26(24)31-25)28(30)20-8-4-6-18(2)14-20/h3-16,27-28H,29-30H2,1-2H3. The summed E-state index contributed by atoms with van der Waals surface area (Å²) in [5.74, 6) is 0. The van der Waals surface area contributed by atoms with E-state index >= 15 is 0 Å². The summed E-state index contributed by atoms with van der Waals surface area (Å²) in [4.78, 5) is 0. The zero-order valence-electron chi connectivity index (χ0n) is 17.8. The summed E-state index contributed by atoms with van der Waals surface area (Å²) in [6.45, 7) is 4.17. The molecule has 2 atom stereocenters. The van der Waals surface area contributed by atoms with Gasteiger partial charge in [0.25, 0.3) is 0 Å². The predicted molar refractivity (Wildman–Crippen MR) is 128 cm³/mol. The van der Waals surface area contributed by atoms with E-state index in [1.54, 1.807) is 0 Å². The maximum absolute atomic E-state index is 6.61. The number of fused-ring (bicyclic) bond motifs is 3. The molecule has 4 N–H and O–H groups in total. The molecule has 0 spiro atoms. The smallest absolute Gasteiger partial charge is 0.135 e. The van der Waals surface area contributed by atoms with E-state index in [2.05, 4.69) is 86.6 Å². The average Bonchev–Trinajstić information content (AvgIpc) is 3.15. The molecule has 2 unspecified atom stereocenters. The monoisotopic (exact) mass is 406 g/mol. The largest absolute Gasteiger partial charge is 0.456 e. The Hall–Kier alpha value is -3.40. The fraction of sp³-hybridized carbons (Fsp3) is 0.143. The Bertz CT molecular complexity index is 1290. The normalized spacial score (nSPS) is 13.5. The van der Waals surface area contributed by atoms with Gasteiger partial charge in [0.1, 0.15) is 11.2 Å². The summed E-state index contributed by atoms with van der Waals surface area (Å²) in [5.41, 5.74) is 21.7. The molecule has 0 aliphatic rings. The topological polar surface area (TPSA) is 65.2 Å². The highest BCUT2D eigenvalue weighted by Gasteiger charge is 2.15. The number of aryl methyl sites for hydroxylation is 2. The minimum absolute atomic E-state index is 0.188. The van der Waals surface area contributed by atoms with Crippen LogP contribution in [0.25, 0.3) is 21.9 Å². The maximum Gasteiger partial charge on any atom is 0.135 e. The van der Waals surface area contributed by atoms with E-state index < -0.39 is 0 Å². The highest BCUT2D eigenvalue weighted by atomic mass is 16.3. The summed E-state index contributed by atoms with van der Waals surface area (Å²) < 4.78 is 6.09. The predicted octanol–water partition coefficient (Wildman–Crippen LogP) is 6.30. The molecule has 0 fully saturated rings. The Balaban J connectivity index is 1.59. The molecule has 0 saturated heterocycles. The molecular formula is C28H26N2O. The van der Waals surface area contributed by atoms with E-state index in [9.17, 15) is 0 Å². The SMILES string of the molecule is Cc1cccc(C(N)c2ccc3oc4ccc(C(N)c5cccc(C)c5)cc4c3c2)c1. The number of hydrogen-bond acceptors (Lipinski definition) is 3. The molecule has 3 heteroatoms. The third-order valence-electron chi connectivity index (χ3n) is 6.04. The number of hydrogen-bond donors (Lipinski definition) is 2.